The monoisotopic (exact) mass is 511 g/mol. The van der Waals surface area contributed by atoms with Gasteiger partial charge in [0.15, 0.2) is 16.1 Å². The Morgan fingerprint density at radius 2 is 1.66 bits per heavy atom. The molecule has 1 aliphatic rings. The van der Waals surface area contributed by atoms with Crippen LogP contribution in [-0.4, -0.2) is 54.0 Å². The van der Waals surface area contributed by atoms with Gasteiger partial charge >= 0.3 is 5.91 Å². The summed E-state index contributed by atoms with van der Waals surface area (Å²) < 4.78 is 16.4. The molecule has 0 atom stereocenters. The van der Waals surface area contributed by atoms with Crippen molar-refractivity contribution >= 4 is 34.9 Å². The fourth-order valence-electron chi connectivity index (χ4n) is 3.74. The molecule has 3 heterocycles. The van der Waals surface area contributed by atoms with Gasteiger partial charge in [-0.15, -0.1) is 10.2 Å². The molecule has 2 amide bonds. The summed E-state index contributed by atoms with van der Waals surface area (Å²) in [7, 11) is 0. The number of hydrogen-bond donors (Lipinski definition) is 0. The number of likely N-dealkylation sites (tertiary alicyclic amines) is 1. The lowest BCUT2D eigenvalue weighted by molar-refractivity contribution is 0.0785. The van der Waals surface area contributed by atoms with Gasteiger partial charge in [-0.2, -0.15) is 9.06 Å². The Hall–Kier alpha value is -3.70. The van der Waals surface area contributed by atoms with Gasteiger partial charge in [-0.1, -0.05) is 16.8 Å². The number of hydrogen-bond acceptors (Lipinski definition) is 6. The van der Waals surface area contributed by atoms with Crippen LogP contribution in [0.4, 0.5) is 4.39 Å². The van der Waals surface area contributed by atoms with Crippen LogP contribution in [0.3, 0.4) is 0 Å². The number of carbonyl (C=O) groups is 2. The van der Waals surface area contributed by atoms with Crippen molar-refractivity contribution in [2.24, 2.45) is 4.99 Å². The highest BCUT2D eigenvalue weighted by molar-refractivity contribution is 7.04. The van der Waals surface area contributed by atoms with Gasteiger partial charge in [-0.05, 0) is 79.8 Å². The maximum absolute atomic E-state index is 13.3. The zero-order valence-electron chi connectivity index (χ0n) is 18.6. The second-order valence-electron chi connectivity index (χ2n) is 7.92. The van der Waals surface area contributed by atoms with Gasteiger partial charge in [0, 0.05) is 18.1 Å². The summed E-state index contributed by atoms with van der Waals surface area (Å²) in [6.07, 6.45) is 1.84. The smallest absolute Gasteiger partial charge is 0.300 e. The van der Waals surface area contributed by atoms with Crippen LogP contribution in [0, 0.1) is 12.7 Å². The van der Waals surface area contributed by atoms with Crippen LogP contribution in [0.25, 0.3) is 11.4 Å². The zero-order valence-corrected chi connectivity index (χ0v) is 20.1. The molecule has 9 nitrogen and oxygen atoms in total. The lowest BCUT2D eigenvalue weighted by atomic mass is 10.3. The molecule has 35 heavy (non-hydrogen) atoms. The third-order valence-corrected chi connectivity index (χ3v) is 6.76. The van der Waals surface area contributed by atoms with Gasteiger partial charge < -0.3 is 4.90 Å². The second-order valence-corrected chi connectivity index (χ2v) is 9.27. The summed E-state index contributed by atoms with van der Waals surface area (Å²) in [5.41, 5.74) is 1.80. The molecule has 1 fully saturated rings. The highest BCUT2D eigenvalue weighted by Gasteiger charge is 2.26. The van der Waals surface area contributed by atoms with Gasteiger partial charge in [0.05, 0.1) is 17.1 Å². The molecule has 1 aliphatic heterocycles. The van der Waals surface area contributed by atoms with Gasteiger partial charge in [0.25, 0.3) is 5.91 Å². The summed E-state index contributed by atoms with van der Waals surface area (Å²) in [6, 6.07) is 12.6. The van der Waals surface area contributed by atoms with E-state index in [0.717, 1.165) is 24.4 Å². The Labute approximate surface area is 208 Å². The van der Waals surface area contributed by atoms with E-state index in [9.17, 15) is 14.0 Å². The third-order valence-electron chi connectivity index (χ3n) is 5.58. The molecule has 2 aromatic carbocycles. The van der Waals surface area contributed by atoms with Crippen LogP contribution in [0.15, 0.2) is 53.5 Å². The Kier molecular flexibility index (Phi) is 6.27. The van der Waals surface area contributed by atoms with E-state index in [1.54, 1.807) is 36.1 Å². The number of rotatable bonds is 4. The molecule has 12 heteroatoms. The summed E-state index contributed by atoms with van der Waals surface area (Å²) in [5, 5.41) is 13.0. The van der Waals surface area contributed by atoms with Crippen molar-refractivity contribution in [3.63, 3.8) is 0 Å². The van der Waals surface area contributed by atoms with Crippen LogP contribution in [-0.2, 0) is 0 Å². The van der Waals surface area contributed by atoms with Crippen molar-refractivity contribution in [3.05, 3.63) is 81.1 Å². The average molecular weight is 512 g/mol. The quantitative estimate of drug-likeness (QED) is 0.417. The van der Waals surface area contributed by atoms with Gasteiger partial charge in [-0.3, -0.25) is 9.59 Å². The van der Waals surface area contributed by atoms with Crippen molar-refractivity contribution in [1.29, 1.82) is 0 Å². The Bertz CT molecular complexity index is 1470. The molecule has 0 N–H and O–H groups in total. The topological polar surface area (TPSA) is 98.3 Å². The normalized spacial score (nSPS) is 14.0. The Morgan fingerprint density at radius 1 is 1.00 bits per heavy atom. The molecule has 0 saturated carbocycles. The molecule has 5 rings (SSSR count). The fraction of sp³-hybridized carbons (Fsp3) is 0.217. The average Bonchev–Trinajstić information content (AvgIpc) is 3.60. The standard InChI is InChI=1S/C23H19ClFN7O2S/c1-14-19(27-29-31(14)17-10-6-16(25)7-11-17)21(33)26-22-20(23(34)30-12-2-3-13-30)28-32(35-22)18-8-4-15(24)5-9-18/h4-11H,2-3,12-13H2,1H3. The molecular weight excluding hydrogens is 493 g/mol. The highest BCUT2D eigenvalue weighted by Crippen LogP contribution is 2.17. The van der Waals surface area contributed by atoms with Crippen molar-refractivity contribution in [3.8, 4) is 11.4 Å². The van der Waals surface area contributed by atoms with Crippen molar-refractivity contribution in [1.82, 2.24) is 29.1 Å². The molecule has 0 bridgehead atoms. The Morgan fingerprint density at radius 3 is 2.34 bits per heavy atom. The molecular formula is C23H19ClFN7O2S. The maximum Gasteiger partial charge on any atom is 0.300 e. The minimum atomic E-state index is -0.654. The van der Waals surface area contributed by atoms with Crippen LogP contribution in [0.1, 0.15) is 39.5 Å². The summed E-state index contributed by atoms with van der Waals surface area (Å²) >= 11 is 7.06. The summed E-state index contributed by atoms with van der Waals surface area (Å²) in [4.78, 5) is 32.2. The molecule has 0 unspecified atom stereocenters. The van der Waals surface area contributed by atoms with Crippen LogP contribution in [0.2, 0.25) is 5.02 Å². The first-order valence-electron chi connectivity index (χ1n) is 10.8. The highest BCUT2D eigenvalue weighted by atomic mass is 35.5. The fourth-order valence-corrected chi connectivity index (χ4v) is 4.71. The van der Waals surface area contributed by atoms with Crippen LogP contribution >= 0.6 is 23.1 Å². The van der Waals surface area contributed by atoms with E-state index >= 15 is 0 Å². The van der Waals surface area contributed by atoms with E-state index in [1.165, 1.54) is 33.0 Å². The van der Waals surface area contributed by atoms with E-state index in [2.05, 4.69) is 20.4 Å². The Balaban J connectivity index is 1.55. The van der Waals surface area contributed by atoms with E-state index in [-0.39, 0.29) is 27.8 Å². The molecule has 0 radical (unpaired) electrons. The molecule has 0 aliphatic carbocycles. The van der Waals surface area contributed by atoms with E-state index in [4.69, 9.17) is 11.6 Å². The predicted octanol–water partition coefficient (Wildman–Crippen LogP) is 3.59. The van der Waals surface area contributed by atoms with Crippen molar-refractivity contribution < 1.29 is 14.0 Å². The van der Waals surface area contributed by atoms with E-state index in [1.807, 2.05) is 0 Å². The lowest BCUT2D eigenvalue weighted by Crippen LogP contribution is -2.31. The first-order chi connectivity index (χ1) is 16.9. The number of aromatic nitrogens is 5. The van der Waals surface area contributed by atoms with E-state index < -0.39 is 5.91 Å². The first-order valence-corrected chi connectivity index (χ1v) is 12.0. The molecule has 1 saturated heterocycles. The number of benzene rings is 2. The number of carbonyl (C=O) groups excluding carboxylic acids is 2. The van der Waals surface area contributed by atoms with Crippen LogP contribution in [0.5, 0.6) is 0 Å². The van der Waals surface area contributed by atoms with Gasteiger partial charge in [-0.25, -0.2) is 9.07 Å². The largest absolute Gasteiger partial charge is 0.337 e. The number of nitrogens with zero attached hydrogens (tertiary/aromatic N) is 7. The predicted molar refractivity (Wildman–Crippen MR) is 128 cm³/mol. The van der Waals surface area contributed by atoms with Gasteiger partial charge in [0.1, 0.15) is 5.82 Å². The molecule has 2 aromatic heterocycles. The third kappa shape index (κ3) is 4.64. The molecule has 0 spiro atoms. The van der Waals surface area contributed by atoms with Crippen molar-refractivity contribution in [2.45, 2.75) is 19.8 Å². The zero-order chi connectivity index (χ0) is 24.5. The van der Waals surface area contributed by atoms with E-state index in [0.29, 0.717) is 35.2 Å². The first kappa shape index (κ1) is 23.1. The number of halogens is 2. The SMILES string of the molecule is Cc1c(C(=O)N=c2sn(-c3ccc(Cl)cc3)nc2C(=O)N2CCCC2)nnn1-c1ccc(F)cc1. The van der Waals surface area contributed by atoms with Crippen LogP contribution < -0.4 is 4.67 Å². The minimum absolute atomic E-state index is 0.0281. The molecule has 178 valence electrons. The molecule has 4 aromatic rings. The van der Waals surface area contributed by atoms with Gasteiger partial charge in [0.2, 0.25) is 0 Å². The second kappa shape index (κ2) is 9.51. The summed E-state index contributed by atoms with van der Waals surface area (Å²) in [6.45, 7) is 2.94. The summed E-state index contributed by atoms with van der Waals surface area (Å²) in [5.74, 6) is -1.31. The maximum atomic E-state index is 13.3. The minimum Gasteiger partial charge on any atom is -0.337 e. The lowest BCUT2D eigenvalue weighted by Gasteiger charge is -2.12. The number of amides is 2. The van der Waals surface area contributed by atoms with Crippen molar-refractivity contribution in [2.75, 3.05) is 13.1 Å².